The van der Waals surface area contributed by atoms with Crippen LogP contribution in [0, 0.1) is 0 Å². The van der Waals surface area contributed by atoms with Crippen LogP contribution in [0.3, 0.4) is 0 Å². The van der Waals surface area contributed by atoms with Gasteiger partial charge < -0.3 is 0 Å². The zero-order valence-electron chi connectivity index (χ0n) is 14.5. The van der Waals surface area contributed by atoms with E-state index < -0.39 is 71.4 Å². The molecule has 0 radical (unpaired) electrons. The minimum Gasteiger partial charge on any atom is -0.288 e. The molecule has 34 heavy (non-hydrogen) atoms. The highest BCUT2D eigenvalue weighted by atomic mass is 19.4. The molecule has 0 aliphatic heterocycles. The summed E-state index contributed by atoms with van der Waals surface area (Å²) in [5.41, 5.74) is -8.18. The number of rotatable bonds is 9. The number of carbonyl (C=O) groups is 3. The first kappa shape index (κ1) is 31.7. The summed E-state index contributed by atoms with van der Waals surface area (Å²) in [7, 11) is 0. The maximum absolute atomic E-state index is 13.9. The lowest BCUT2D eigenvalue weighted by atomic mass is 9.82. The Hall–Kier alpha value is -2.32. The van der Waals surface area contributed by atoms with Gasteiger partial charge in [-0.2, -0.15) is 70.2 Å². The first-order valence-electron chi connectivity index (χ1n) is 7.05. The number of ketones is 3. The quantitative estimate of drug-likeness (QED) is 0.379. The summed E-state index contributed by atoms with van der Waals surface area (Å²) in [6.07, 6.45) is -21.3. The number of halogens is 19. The van der Waals surface area contributed by atoms with Gasteiger partial charge in [-0.1, -0.05) is 0 Å². The molecule has 0 spiro atoms. The normalized spacial score (nSPS) is 16.9. The van der Waals surface area contributed by atoms with Crippen molar-refractivity contribution in [2.24, 2.45) is 0 Å². The lowest BCUT2D eigenvalue weighted by Crippen LogP contribution is -2.72. The SMILES string of the molecule is O=C(C(F)(F)C(F)(F)C(=O)C(F)(C(F)(F)F)C(F)(F)C(=O)C(F)F)C(F)(F)C(F)(F)C(F)(F)F. The van der Waals surface area contributed by atoms with Crippen molar-refractivity contribution in [3.63, 3.8) is 0 Å². The fourth-order valence-electron chi connectivity index (χ4n) is 1.78. The third kappa shape index (κ3) is 4.15. The van der Waals surface area contributed by atoms with Gasteiger partial charge in [-0.15, -0.1) is 0 Å². The molecule has 3 nitrogen and oxygen atoms in total. The van der Waals surface area contributed by atoms with E-state index in [4.69, 9.17) is 0 Å². The van der Waals surface area contributed by atoms with Crippen molar-refractivity contribution in [3.8, 4) is 0 Å². The Morgan fingerprint density at radius 1 is 0.441 bits per heavy atom. The molecule has 0 aromatic heterocycles. The number of hydrogen-bond acceptors (Lipinski definition) is 3. The Morgan fingerprint density at radius 2 is 0.765 bits per heavy atom. The Balaban J connectivity index is 7.03. The van der Waals surface area contributed by atoms with Gasteiger partial charge in [-0.25, -0.2) is 13.2 Å². The predicted molar refractivity (Wildman–Crippen MR) is 61.7 cm³/mol. The van der Waals surface area contributed by atoms with Crippen molar-refractivity contribution in [3.05, 3.63) is 0 Å². The van der Waals surface area contributed by atoms with Gasteiger partial charge in [-0.3, -0.25) is 14.4 Å². The molecule has 0 bridgehead atoms. The summed E-state index contributed by atoms with van der Waals surface area (Å²) < 4.78 is 243. The van der Waals surface area contributed by atoms with Crippen LogP contribution in [0.4, 0.5) is 83.4 Å². The van der Waals surface area contributed by atoms with Crippen LogP contribution in [-0.4, -0.2) is 71.4 Å². The molecule has 22 heteroatoms. The summed E-state index contributed by atoms with van der Waals surface area (Å²) in [6.45, 7) is 0. The molecule has 0 saturated heterocycles. The molecular formula is C12HF19O3. The fraction of sp³-hybridized carbons (Fsp3) is 0.750. The van der Waals surface area contributed by atoms with E-state index in [9.17, 15) is 97.8 Å². The summed E-state index contributed by atoms with van der Waals surface area (Å²) in [5, 5.41) is 0. The minimum atomic E-state index is -8.33. The van der Waals surface area contributed by atoms with Crippen LogP contribution < -0.4 is 0 Å². The van der Waals surface area contributed by atoms with Crippen LogP contribution >= 0.6 is 0 Å². The van der Waals surface area contributed by atoms with E-state index in [0.717, 1.165) is 0 Å². The highest BCUT2D eigenvalue weighted by molar-refractivity contribution is 6.07. The van der Waals surface area contributed by atoms with Crippen molar-refractivity contribution in [1.82, 2.24) is 0 Å². The third-order valence-corrected chi connectivity index (χ3v) is 3.64. The first-order valence-corrected chi connectivity index (χ1v) is 7.05. The Bertz CT molecular complexity index is 834. The maximum Gasteiger partial charge on any atom is 0.460 e. The third-order valence-electron chi connectivity index (χ3n) is 3.64. The van der Waals surface area contributed by atoms with Crippen molar-refractivity contribution in [1.29, 1.82) is 0 Å². The summed E-state index contributed by atoms with van der Waals surface area (Å²) in [6, 6.07) is 0. The fourth-order valence-corrected chi connectivity index (χ4v) is 1.78. The second-order valence-electron chi connectivity index (χ2n) is 5.85. The largest absolute Gasteiger partial charge is 0.460 e. The molecule has 1 atom stereocenters. The smallest absolute Gasteiger partial charge is 0.288 e. The summed E-state index contributed by atoms with van der Waals surface area (Å²) in [5.74, 6) is -56.7. The van der Waals surface area contributed by atoms with Crippen LogP contribution in [0.2, 0.25) is 0 Å². The van der Waals surface area contributed by atoms with E-state index in [-0.39, 0.29) is 0 Å². The minimum absolute atomic E-state index is 4.68. The molecule has 0 N–H and O–H groups in total. The maximum atomic E-state index is 13.9. The monoisotopic (exact) mass is 554 g/mol. The molecule has 0 fully saturated rings. The Morgan fingerprint density at radius 3 is 1.03 bits per heavy atom. The molecule has 1 unspecified atom stereocenters. The van der Waals surface area contributed by atoms with Crippen molar-refractivity contribution in [2.45, 2.75) is 54.1 Å². The highest BCUT2D eigenvalue weighted by Crippen LogP contribution is 2.55. The Kier molecular flexibility index (Phi) is 7.57. The van der Waals surface area contributed by atoms with E-state index in [0.29, 0.717) is 0 Å². The van der Waals surface area contributed by atoms with Crippen LogP contribution in [0.1, 0.15) is 0 Å². The number of hydrogen-bond donors (Lipinski definition) is 0. The van der Waals surface area contributed by atoms with Gasteiger partial charge in [0.05, 0.1) is 0 Å². The molecular weight excluding hydrogens is 553 g/mol. The summed E-state index contributed by atoms with van der Waals surface area (Å²) >= 11 is 0. The van der Waals surface area contributed by atoms with Crippen LogP contribution in [0.5, 0.6) is 0 Å². The topological polar surface area (TPSA) is 51.2 Å². The van der Waals surface area contributed by atoms with E-state index in [1.807, 2.05) is 0 Å². The molecule has 0 aromatic rings. The zero-order chi connectivity index (χ0) is 28.3. The molecule has 200 valence electrons. The van der Waals surface area contributed by atoms with Crippen molar-refractivity contribution >= 4 is 17.3 Å². The van der Waals surface area contributed by atoms with E-state index in [1.165, 1.54) is 0 Å². The van der Waals surface area contributed by atoms with Crippen LogP contribution in [0.15, 0.2) is 0 Å². The van der Waals surface area contributed by atoms with E-state index >= 15 is 0 Å². The number of alkyl halides is 19. The highest BCUT2D eigenvalue weighted by Gasteiger charge is 2.88. The van der Waals surface area contributed by atoms with Crippen molar-refractivity contribution in [2.75, 3.05) is 0 Å². The molecule has 0 aliphatic carbocycles. The standard InChI is InChI=1S/C12HF19O3/c13-2(14)1(32)6(16,17)5(15,11(26,27)28)3(33)7(18,19)8(20,21)4(34)9(22,23)10(24,25)12(29,30)31/h2H. The lowest BCUT2D eigenvalue weighted by molar-refractivity contribution is -0.349. The van der Waals surface area contributed by atoms with Gasteiger partial charge in [0.25, 0.3) is 17.3 Å². The molecule has 0 heterocycles. The molecule has 0 amide bonds. The van der Waals surface area contributed by atoms with Crippen LogP contribution in [0.25, 0.3) is 0 Å². The van der Waals surface area contributed by atoms with Gasteiger partial charge >= 0.3 is 54.1 Å². The molecule has 0 aromatic carbocycles. The molecule has 0 saturated carbocycles. The van der Waals surface area contributed by atoms with Gasteiger partial charge in [0.1, 0.15) is 0 Å². The van der Waals surface area contributed by atoms with Crippen molar-refractivity contribution < 1.29 is 97.8 Å². The molecule has 0 rings (SSSR count). The summed E-state index contributed by atoms with van der Waals surface area (Å²) in [4.78, 5) is 32.2. The number of Topliss-reactive ketones (excluding diaryl/α,β-unsaturated/α-hetero) is 3. The van der Waals surface area contributed by atoms with Gasteiger partial charge in [-0.05, 0) is 0 Å². The second kappa shape index (κ2) is 8.12. The zero-order valence-corrected chi connectivity index (χ0v) is 14.5. The molecule has 0 aliphatic rings. The van der Waals surface area contributed by atoms with Crippen LogP contribution in [-0.2, 0) is 14.4 Å². The lowest BCUT2D eigenvalue weighted by Gasteiger charge is -2.37. The van der Waals surface area contributed by atoms with Gasteiger partial charge in [0.2, 0.25) is 0 Å². The number of carbonyl (C=O) groups excluding carboxylic acids is 3. The predicted octanol–water partition coefficient (Wildman–Crippen LogP) is 4.97. The average molecular weight is 554 g/mol. The van der Waals surface area contributed by atoms with Gasteiger partial charge in [0.15, 0.2) is 0 Å². The van der Waals surface area contributed by atoms with E-state index in [2.05, 4.69) is 0 Å². The second-order valence-corrected chi connectivity index (χ2v) is 5.85. The van der Waals surface area contributed by atoms with E-state index in [1.54, 1.807) is 0 Å². The first-order chi connectivity index (χ1) is 14.4. The Labute approximate surface area is 170 Å². The van der Waals surface area contributed by atoms with Gasteiger partial charge in [0, 0.05) is 0 Å². The average Bonchev–Trinajstić information content (AvgIpc) is 2.62.